The minimum Gasteiger partial charge on any atom is -0.399 e. The van der Waals surface area contributed by atoms with E-state index in [-0.39, 0.29) is 35.6 Å². The summed E-state index contributed by atoms with van der Waals surface area (Å²) >= 11 is 0. The zero-order valence-corrected chi connectivity index (χ0v) is 15.1. The zero-order valence-electron chi connectivity index (χ0n) is 15.1. The molecule has 144 valence electrons. The normalized spacial score (nSPS) is 19.6. The van der Waals surface area contributed by atoms with Crippen LogP contribution in [0.1, 0.15) is 36.9 Å². The highest BCUT2D eigenvalue weighted by Crippen LogP contribution is 2.30. The smallest absolute Gasteiger partial charge is 0.333 e. The number of nitrogens with one attached hydrogen (secondary N) is 1. The topological polar surface area (TPSA) is 159 Å². The molecule has 7 N–H and O–H groups in total. The average Bonchev–Trinajstić information content (AvgIpc) is 2.60. The molecule has 0 saturated heterocycles. The molecular weight excluding hydrogens is 346 g/mol. The highest BCUT2D eigenvalue weighted by molar-refractivity contribution is 5.61. The van der Waals surface area contributed by atoms with Gasteiger partial charge in [0.25, 0.3) is 0 Å². The van der Waals surface area contributed by atoms with Gasteiger partial charge in [0.1, 0.15) is 5.69 Å². The van der Waals surface area contributed by atoms with Crippen LogP contribution in [0.5, 0.6) is 0 Å². The average molecular weight is 371 g/mol. The molecule has 1 aromatic carbocycles. The summed E-state index contributed by atoms with van der Waals surface area (Å²) in [6.45, 7) is 0.599. The van der Waals surface area contributed by atoms with Crippen LogP contribution in [0.2, 0.25) is 0 Å². The predicted molar refractivity (Wildman–Crippen MR) is 105 cm³/mol. The lowest BCUT2D eigenvalue weighted by Gasteiger charge is -2.26. The van der Waals surface area contributed by atoms with Crippen molar-refractivity contribution in [3.8, 4) is 0 Å². The van der Waals surface area contributed by atoms with Crippen LogP contribution >= 0.6 is 0 Å². The maximum absolute atomic E-state index is 11.7. The lowest BCUT2D eigenvalue weighted by atomic mass is 9.86. The molecule has 9 nitrogen and oxygen atoms in total. The van der Waals surface area contributed by atoms with Crippen LogP contribution in [-0.4, -0.2) is 27.5 Å². The summed E-state index contributed by atoms with van der Waals surface area (Å²) < 4.78 is 0. The number of nitrogens with zero attached hydrogens (tertiary/aromatic N) is 3. The number of aromatic nitrogens is 2. The maximum Gasteiger partial charge on any atom is 0.333 e. The van der Waals surface area contributed by atoms with Gasteiger partial charge in [0, 0.05) is 24.7 Å². The van der Waals surface area contributed by atoms with E-state index >= 15 is 0 Å². The summed E-state index contributed by atoms with van der Waals surface area (Å²) in [6.07, 6.45) is 4.19. The van der Waals surface area contributed by atoms with Crippen molar-refractivity contribution in [1.82, 2.24) is 9.97 Å². The molecule has 0 amide bonds. The van der Waals surface area contributed by atoms with E-state index in [4.69, 9.17) is 17.2 Å². The molecule has 0 atom stereocenters. The van der Waals surface area contributed by atoms with Crippen molar-refractivity contribution in [3.63, 3.8) is 0 Å². The Kier molecular flexibility index (Phi) is 5.70. The quantitative estimate of drug-likeness (QED) is 0.341. The highest BCUT2D eigenvalue weighted by Gasteiger charge is 2.26. The first-order valence-corrected chi connectivity index (χ1v) is 9.07. The molecular formula is C18H25N7O2. The molecule has 0 aliphatic heterocycles. The Morgan fingerprint density at radius 2 is 1.93 bits per heavy atom. The van der Waals surface area contributed by atoms with Crippen molar-refractivity contribution >= 4 is 23.1 Å². The number of nitrogen functional groups attached to an aromatic ring is 2. The van der Waals surface area contributed by atoms with Crippen LogP contribution in [0.4, 0.5) is 23.1 Å². The molecule has 1 saturated carbocycles. The monoisotopic (exact) mass is 371 g/mol. The standard InChI is InChI=1S/C18H25N7O2/c19-13-6-4-11(5-7-13)10-22-17-16(25(26)27)15(23-18(21)24-17)9-12-2-1-3-14(20)8-12/h1-3,8,11,13H,4-7,9-10,19-20H2,(H3,21,22,23,24). The summed E-state index contributed by atoms with van der Waals surface area (Å²) in [6, 6.07) is 7.43. The maximum atomic E-state index is 11.7. The first-order valence-electron chi connectivity index (χ1n) is 9.07. The minimum absolute atomic E-state index is 0.00710. The minimum atomic E-state index is -0.458. The van der Waals surface area contributed by atoms with Crippen molar-refractivity contribution in [2.75, 3.05) is 23.3 Å². The van der Waals surface area contributed by atoms with Gasteiger partial charge in [0.15, 0.2) is 0 Å². The van der Waals surface area contributed by atoms with E-state index in [1.54, 1.807) is 18.2 Å². The second kappa shape index (κ2) is 8.17. The number of benzene rings is 1. The molecule has 1 aromatic heterocycles. The molecule has 9 heteroatoms. The third-order valence-corrected chi connectivity index (χ3v) is 4.93. The Balaban J connectivity index is 1.82. The van der Waals surface area contributed by atoms with E-state index in [0.29, 0.717) is 18.2 Å². The third kappa shape index (κ3) is 4.82. The van der Waals surface area contributed by atoms with Crippen LogP contribution in [0, 0.1) is 16.0 Å². The van der Waals surface area contributed by atoms with Crippen LogP contribution in [0.25, 0.3) is 0 Å². The fourth-order valence-corrected chi connectivity index (χ4v) is 3.49. The van der Waals surface area contributed by atoms with Gasteiger partial charge < -0.3 is 22.5 Å². The summed E-state index contributed by atoms with van der Waals surface area (Å²) in [5.41, 5.74) is 19.1. The lowest BCUT2D eigenvalue weighted by molar-refractivity contribution is -0.385. The number of anilines is 3. The number of hydrogen-bond donors (Lipinski definition) is 4. The van der Waals surface area contributed by atoms with E-state index in [2.05, 4.69) is 15.3 Å². The molecule has 0 radical (unpaired) electrons. The van der Waals surface area contributed by atoms with Crippen molar-refractivity contribution in [2.24, 2.45) is 11.7 Å². The Bertz CT molecular complexity index is 819. The van der Waals surface area contributed by atoms with Crippen molar-refractivity contribution in [2.45, 2.75) is 38.1 Å². The Labute approximate surface area is 157 Å². The summed E-state index contributed by atoms with van der Waals surface area (Å²) in [4.78, 5) is 19.4. The summed E-state index contributed by atoms with van der Waals surface area (Å²) in [5.74, 6) is 0.590. The van der Waals surface area contributed by atoms with Gasteiger partial charge in [-0.2, -0.15) is 4.98 Å². The predicted octanol–water partition coefficient (Wildman–Crippen LogP) is 2.07. The van der Waals surface area contributed by atoms with E-state index in [0.717, 1.165) is 31.2 Å². The van der Waals surface area contributed by atoms with Crippen LogP contribution in [0.3, 0.4) is 0 Å². The molecule has 1 heterocycles. The first-order chi connectivity index (χ1) is 12.9. The second-order valence-electron chi connectivity index (χ2n) is 7.07. The molecule has 1 fully saturated rings. The van der Waals surface area contributed by atoms with Gasteiger partial charge in [-0.15, -0.1) is 0 Å². The van der Waals surface area contributed by atoms with Gasteiger partial charge in [0.2, 0.25) is 11.8 Å². The van der Waals surface area contributed by atoms with Crippen LogP contribution < -0.4 is 22.5 Å². The van der Waals surface area contributed by atoms with Gasteiger partial charge in [-0.1, -0.05) is 12.1 Å². The molecule has 27 heavy (non-hydrogen) atoms. The summed E-state index contributed by atoms with van der Waals surface area (Å²) in [7, 11) is 0. The highest BCUT2D eigenvalue weighted by atomic mass is 16.6. The SMILES string of the molecule is Nc1cccc(Cc2nc(N)nc(NCC3CCC(N)CC3)c2[N+](=O)[O-])c1. The fourth-order valence-electron chi connectivity index (χ4n) is 3.49. The molecule has 1 aliphatic rings. The number of nitrogens with two attached hydrogens (primary N) is 3. The van der Waals surface area contributed by atoms with Gasteiger partial charge in [-0.05, 0) is 49.3 Å². The number of rotatable bonds is 6. The first kappa shape index (κ1) is 18.8. The largest absolute Gasteiger partial charge is 0.399 e. The fraction of sp³-hybridized carbons (Fsp3) is 0.444. The molecule has 0 bridgehead atoms. The van der Waals surface area contributed by atoms with Gasteiger partial charge in [-0.3, -0.25) is 10.1 Å². The van der Waals surface area contributed by atoms with Gasteiger partial charge >= 0.3 is 5.69 Å². The van der Waals surface area contributed by atoms with Crippen molar-refractivity contribution in [1.29, 1.82) is 0 Å². The van der Waals surface area contributed by atoms with E-state index in [9.17, 15) is 10.1 Å². The van der Waals surface area contributed by atoms with E-state index in [1.165, 1.54) is 0 Å². The van der Waals surface area contributed by atoms with Gasteiger partial charge in [-0.25, -0.2) is 4.98 Å². The molecule has 0 unspecified atom stereocenters. The van der Waals surface area contributed by atoms with Crippen LogP contribution in [-0.2, 0) is 6.42 Å². The zero-order chi connectivity index (χ0) is 19.4. The Morgan fingerprint density at radius 3 is 2.59 bits per heavy atom. The molecule has 3 rings (SSSR count). The summed E-state index contributed by atoms with van der Waals surface area (Å²) in [5, 5.41) is 14.8. The van der Waals surface area contributed by atoms with Crippen LogP contribution in [0.15, 0.2) is 24.3 Å². The lowest BCUT2D eigenvalue weighted by Crippen LogP contribution is -2.29. The Hall–Kier alpha value is -2.94. The second-order valence-corrected chi connectivity index (χ2v) is 7.07. The van der Waals surface area contributed by atoms with E-state index in [1.807, 2.05) is 6.07 Å². The van der Waals surface area contributed by atoms with Gasteiger partial charge in [0.05, 0.1) is 4.92 Å². The Morgan fingerprint density at radius 1 is 1.19 bits per heavy atom. The van der Waals surface area contributed by atoms with E-state index < -0.39 is 4.92 Å². The third-order valence-electron chi connectivity index (χ3n) is 4.93. The number of nitro groups is 1. The molecule has 0 spiro atoms. The van der Waals surface area contributed by atoms with Crippen molar-refractivity contribution < 1.29 is 4.92 Å². The van der Waals surface area contributed by atoms with Crippen molar-refractivity contribution in [3.05, 3.63) is 45.6 Å². The molecule has 1 aliphatic carbocycles. The molecule has 2 aromatic rings. The number of hydrogen-bond acceptors (Lipinski definition) is 8.